The molecule has 94 valence electrons. The summed E-state index contributed by atoms with van der Waals surface area (Å²) in [5, 5.41) is 17.8. The molecule has 0 atom stereocenters. The van der Waals surface area contributed by atoms with Crippen LogP contribution >= 0.6 is 0 Å². The number of hydrogen-bond donors (Lipinski definition) is 1. The average molecular weight is 251 g/mol. The third-order valence-corrected chi connectivity index (χ3v) is 2.87. The maximum Gasteiger partial charge on any atom is 0.176 e. The molecule has 5 heteroatoms. The molecule has 5 nitrogen and oxygen atoms in total. The van der Waals surface area contributed by atoms with Crippen molar-refractivity contribution in [3.63, 3.8) is 0 Å². The summed E-state index contributed by atoms with van der Waals surface area (Å²) in [5.74, 6) is 0. The number of nitrogen functional groups attached to an aromatic ring is 1. The van der Waals surface area contributed by atoms with Gasteiger partial charge in [0.2, 0.25) is 0 Å². The Bertz CT molecular complexity index is 657. The normalized spacial score (nSPS) is 9.79. The quantitative estimate of drug-likeness (QED) is 0.839. The Kier molecular flexibility index (Phi) is 3.80. The number of rotatable bonds is 4. The molecule has 0 saturated heterocycles. The van der Waals surface area contributed by atoms with E-state index in [1.54, 1.807) is 4.57 Å². The Labute approximate surface area is 111 Å². The van der Waals surface area contributed by atoms with Gasteiger partial charge in [-0.1, -0.05) is 12.1 Å². The number of aromatic nitrogens is 2. The minimum absolute atomic E-state index is 0.187. The fourth-order valence-electron chi connectivity index (χ4n) is 1.95. The van der Waals surface area contributed by atoms with Crippen LogP contribution < -0.4 is 5.73 Å². The molecule has 2 aromatic rings. The largest absolute Gasteiger partial charge is 0.399 e. The lowest BCUT2D eigenvalue weighted by atomic mass is 10.1. The van der Waals surface area contributed by atoms with Crippen molar-refractivity contribution in [2.75, 3.05) is 5.73 Å². The maximum atomic E-state index is 8.99. The minimum atomic E-state index is 0.187. The summed E-state index contributed by atoms with van der Waals surface area (Å²) in [5.41, 5.74) is 8.15. The molecule has 1 heterocycles. The van der Waals surface area contributed by atoms with Crippen LogP contribution in [0.5, 0.6) is 0 Å². The molecule has 0 amide bonds. The number of nitriles is 2. The van der Waals surface area contributed by atoms with Crippen LogP contribution in [0.25, 0.3) is 0 Å². The summed E-state index contributed by atoms with van der Waals surface area (Å²) in [6.07, 6.45) is 3.27. The van der Waals surface area contributed by atoms with Gasteiger partial charge in [0.1, 0.15) is 12.1 Å². The van der Waals surface area contributed by atoms with E-state index >= 15 is 0 Å². The lowest BCUT2D eigenvalue weighted by molar-refractivity contribution is 0.636. The van der Waals surface area contributed by atoms with Gasteiger partial charge in [-0.15, -0.1) is 0 Å². The van der Waals surface area contributed by atoms with Crippen molar-refractivity contribution in [2.45, 2.75) is 19.4 Å². The van der Waals surface area contributed by atoms with Gasteiger partial charge in [0, 0.05) is 12.2 Å². The number of aryl methyl sites for hydroxylation is 2. The molecule has 2 rings (SSSR count). The zero-order valence-electron chi connectivity index (χ0n) is 10.4. The first kappa shape index (κ1) is 12.7. The summed E-state index contributed by atoms with van der Waals surface area (Å²) in [6, 6.07) is 11.7. The van der Waals surface area contributed by atoms with E-state index in [4.69, 9.17) is 16.3 Å². The van der Waals surface area contributed by atoms with Crippen molar-refractivity contribution < 1.29 is 0 Å². The lowest BCUT2D eigenvalue weighted by Crippen LogP contribution is -2.01. The Balaban J connectivity index is 1.99. The van der Waals surface area contributed by atoms with Crippen molar-refractivity contribution in [2.24, 2.45) is 0 Å². The molecule has 1 aromatic heterocycles. The molecule has 0 unspecified atom stereocenters. The van der Waals surface area contributed by atoms with Crippen LogP contribution in [0, 0.1) is 22.7 Å². The van der Waals surface area contributed by atoms with E-state index in [1.807, 2.05) is 36.4 Å². The lowest BCUT2D eigenvalue weighted by Gasteiger charge is -2.04. The van der Waals surface area contributed by atoms with Gasteiger partial charge >= 0.3 is 0 Å². The van der Waals surface area contributed by atoms with Gasteiger partial charge in [0.25, 0.3) is 0 Å². The smallest absolute Gasteiger partial charge is 0.176 e. The van der Waals surface area contributed by atoms with E-state index in [1.165, 1.54) is 11.9 Å². The van der Waals surface area contributed by atoms with Gasteiger partial charge in [-0.2, -0.15) is 10.5 Å². The van der Waals surface area contributed by atoms with E-state index in [9.17, 15) is 0 Å². The molecule has 0 bridgehead atoms. The Morgan fingerprint density at radius 1 is 1.26 bits per heavy atom. The van der Waals surface area contributed by atoms with E-state index in [0.29, 0.717) is 12.2 Å². The van der Waals surface area contributed by atoms with Crippen LogP contribution in [0.15, 0.2) is 30.6 Å². The summed E-state index contributed by atoms with van der Waals surface area (Å²) in [7, 11) is 0. The van der Waals surface area contributed by atoms with Gasteiger partial charge in [0.15, 0.2) is 11.4 Å². The number of anilines is 1. The Morgan fingerprint density at radius 3 is 2.79 bits per heavy atom. The molecular formula is C14H13N5. The molecule has 0 radical (unpaired) electrons. The van der Waals surface area contributed by atoms with Gasteiger partial charge in [-0.25, -0.2) is 4.98 Å². The molecule has 19 heavy (non-hydrogen) atoms. The van der Waals surface area contributed by atoms with E-state index in [0.717, 1.165) is 18.5 Å². The highest BCUT2D eigenvalue weighted by atomic mass is 15.1. The molecule has 1 aromatic carbocycles. The second-order valence-electron chi connectivity index (χ2n) is 4.21. The maximum absolute atomic E-state index is 8.99. The third kappa shape index (κ3) is 2.91. The van der Waals surface area contributed by atoms with Crippen molar-refractivity contribution in [3.05, 3.63) is 47.5 Å². The first-order valence-electron chi connectivity index (χ1n) is 5.94. The molecule has 0 fully saturated rings. The van der Waals surface area contributed by atoms with Crippen molar-refractivity contribution in [1.29, 1.82) is 10.5 Å². The van der Waals surface area contributed by atoms with Crippen LogP contribution in [-0.4, -0.2) is 9.55 Å². The van der Waals surface area contributed by atoms with Crippen LogP contribution in [0.3, 0.4) is 0 Å². The molecule has 2 N–H and O–H groups in total. The van der Waals surface area contributed by atoms with Gasteiger partial charge in [-0.3, -0.25) is 0 Å². The van der Waals surface area contributed by atoms with E-state index in [2.05, 4.69) is 4.98 Å². The predicted molar refractivity (Wildman–Crippen MR) is 70.8 cm³/mol. The fraction of sp³-hybridized carbons (Fsp3) is 0.214. The van der Waals surface area contributed by atoms with Crippen molar-refractivity contribution in [1.82, 2.24) is 9.55 Å². The van der Waals surface area contributed by atoms with Crippen molar-refractivity contribution >= 4 is 5.69 Å². The monoisotopic (exact) mass is 251 g/mol. The molecule has 0 aliphatic carbocycles. The molecule has 0 spiro atoms. The zero-order valence-corrected chi connectivity index (χ0v) is 10.4. The van der Waals surface area contributed by atoms with Crippen molar-refractivity contribution in [3.8, 4) is 12.1 Å². The van der Waals surface area contributed by atoms with Crippen LogP contribution in [0.1, 0.15) is 23.4 Å². The molecule has 0 saturated carbocycles. The summed E-state index contributed by atoms with van der Waals surface area (Å²) < 4.78 is 1.71. The van der Waals surface area contributed by atoms with E-state index < -0.39 is 0 Å². The average Bonchev–Trinajstić information content (AvgIpc) is 2.81. The summed E-state index contributed by atoms with van der Waals surface area (Å²) in [6.45, 7) is 0.659. The summed E-state index contributed by atoms with van der Waals surface area (Å²) in [4.78, 5) is 3.90. The SMILES string of the molecule is N#Cc1ncn(CCCc2cccc(N)c2)c1C#N. The highest BCUT2D eigenvalue weighted by molar-refractivity contribution is 5.40. The Morgan fingerprint density at radius 2 is 2.11 bits per heavy atom. The second kappa shape index (κ2) is 5.70. The summed E-state index contributed by atoms with van der Waals surface area (Å²) >= 11 is 0. The van der Waals surface area contributed by atoms with Crippen LogP contribution in [-0.2, 0) is 13.0 Å². The topological polar surface area (TPSA) is 91.4 Å². The highest BCUT2D eigenvalue weighted by Crippen LogP contribution is 2.11. The first-order chi connectivity index (χ1) is 9.24. The van der Waals surface area contributed by atoms with Crippen LogP contribution in [0.2, 0.25) is 0 Å². The first-order valence-corrected chi connectivity index (χ1v) is 5.94. The predicted octanol–water partition coefficient (Wildman–Crippen LogP) is 1.84. The molecule has 0 aliphatic rings. The molecular weight excluding hydrogens is 238 g/mol. The van der Waals surface area contributed by atoms with Gasteiger partial charge in [0.05, 0.1) is 6.33 Å². The van der Waals surface area contributed by atoms with E-state index in [-0.39, 0.29) is 5.69 Å². The number of nitrogens with zero attached hydrogens (tertiary/aromatic N) is 4. The standard InChI is InChI=1S/C14H13N5/c15-8-13-14(9-16)19(10-18-13)6-2-4-11-3-1-5-12(17)7-11/h1,3,5,7,10H,2,4,6,17H2. The van der Waals surface area contributed by atoms with Gasteiger partial charge in [-0.05, 0) is 30.5 Å². The third-order valence-electron chi connectivity index (χ3n) is 2.87. The van der Waals surface area contributed by atoms with Gasteiger partial charge < -0.3 is 10.3 Å². The number of hydrogen-bond acceptors (Lipinski definition) is 4. The number of benzene rings is 1. The fourth-order valence-corrected chi connectivity index (χ4v) is 1.95. The molecule has 0 aliphatic heterocycles. The van der Waals surface area contributed by atoms with Crippen LogP contribution in [0.4, 0.5) is 5.69 Å². The zero-order chi connectivity index (χ0) is 13.7. The second-order valence-corrected chi connectivity index (χ2v) is 4.21. The minimum Gasteiger partial charge on any atom is -0.399 e. The number of nitrogens with two attached hydrogens (primary N) is 1. The Hall–Kier alpha value is -2.79. The number of imidazole rings is 1. The highest BCUT2D eigenvalue weighted by Gasteiger charge is 2.09.